The molecule has 19 heavy (non-hydrogen) atoms. The van der Waals surface area contributed by atoms with Crippen LogP contribution in [-0.2, 0) is 6.54 Å². The highest BCUT2D eigenvalue weighted by Gasteiger charge is 2.17. The first-order valence-corrected chi connectivity index (χ1v) is 6.89. The second-order valence-corrected chi connectivity index (χ2v) is 5.41. The van der Waals surface area contributed by atoms with Gasteiger partial charge in [-0.05, 0) is 57.1 Å². The predicted molar refractivity (Wildman–Crippen MR) is 80.6 cm³/mol. The fraction of sp³-hybridized carbons (Fsp3) is 0.571. The van der Waals surface area contributed by atoms with Crippen molar-refractivity contribution >= 4 is 24.0 Å². The van der Waals surface area contributed by atoms with Crippen LogP contribution in [0.4, 0.5) is 4.39 Å². The molecule has 1 saturated heterocycles. The zero-order valence-electron chi connectivity index (χ0n) is 11.2. The molecule has 1 fully saturated rings. The summed E-state index contributed by atoms with van der Waals surface area (Å²) in [6.07, 6.45) is 3.58. The average molecular weight is 307 g/mol. The minimum atomic E-state index is -0.329. The lowest BCUT2D eigenvalue weighted by Crippen LogP contribution is -2.32. The van der Waals surface area contributed by atoms with E-state index in [4.69, 9.17) is 11.6 Å². The number of hydrogen-bond acceptors (Lipinski definition) is 2. The zero-order valence-corrected chi connectivity index (χ0v) is 12.7. The van der Waals surface area contributed by atoms with E-state index in [-0.39, 0.29) is 23.2 Å². The highest BCUT2D eigenvalue weighted by atomic mass is 35.5. The van der Waals surface area contributed by atoms with Crippen molar-refractivity contribution in [3.8, 4) is 0 Å². The summed E-state index contributed by atoms with van der Waals surface area (Å²) in [5.74, 6) is -0.329. The second kappa shape index (κ2) is 8.05. The molecule has 0 aliphatic carbocycles. The molecule has 0 radical (unpaired) electrons. The summed E-state index contributed by atoms with van der Waals surface area (Å²) in [6.45, 7) is 2.96. The molecule has 0 aromatic heterocycles. The Hall–Kier alpha value is -0.350. The van der Waals surface area contributed by atoms with Crippen LogP contribution >= 0.6 is 24.0 Å². The summed E-state index contributed by atoms with van der Waals surface area (Å²) in [6, 6.07) is 5.65. The Morgan fingerprint density at radius 2 is 2.16 bits per heavy atom. The maximum atomic E-state index is 13.4. The monoisotopic (exact) mass is 306 g/mol. The lowest BCUT2D eigenvalue weighted by molar-refractivity contribution is 0.216. The Kier molecular flexibility index (Phi) is 7.08. The molecule has 1 unspecified atom stereocenters. The van der Waals surface area contributed by atoms with E-state index in [1.54, 1.807) is 6.07 Å². The number of benzene rings is 1. The van der Waals surface area contributed by atoms with Gasteiger partial charge in [-0.15, -0.1) is 12.4 Å². The molecule has 0 saturated carbocycles. The van der Waals surface area contributed by atoms with Gasteiger partial charge in [0.15, 0.2) is 0 Å². The highest BCUT2D eigenvalue weighted by Crippen LogP contribution is 2.19. The van der Waals surface area contributed by atoms with Crippen molar-refractivity contribution in [3.63, 3.8) is 0 Å². The second-order valence-electron chi connectivity index (χ2n) is 5.00. The lowest BCUT2D eigenvalue weighted by Gasteiger charge is -2.26. The SMILES string of the molecule is CN(Cc1ccc(Cl)c(F)c1)C1CCCNCC1.Cl. The van der Waals surface area contributed by atoms with Gasteiger partial charge in [0.25, 0.3) is 0 Å². The van der Waals surface area contributed by atoms with Gasteiger partial charge in [-0.2, -0.15) is 0 Å². The number of nitrogens with zero attached hydrogens (tertiary/aromatic N) is 1. The van der Waals surface area contributed by atoms with Crippen molar-refractivity contribution in [3.05, 3.63) is 34.6 Å². The zero-order chi connectivity index (χ0) is 13.0. The average Bonchev–Trinajstić information content (AvgIpc) is 2.62. The van der Waals surface area contributed by atoms with Crippen molar-refractivity contribution in [1.29, 1.82) is 0 Å². The van der Waals surface area contributed by atoms with E-state index in [0.717, 1.165) is 31.6 Å². The van der Waals surface area contributed by atoms with Gasteiger partial charge in [-0.1, -0.05) is 17.7 Å². The molecular formula is C14H21Cl2FN2. The Bertz CT molecular complexity index is 393. The maximum Gasteiger partial charge on any atom is 0.142 e. The maximum absolute atomic E-state index is 13.4. The molecule has 108 valence electrons. The van der Waals surface area contributed by atoms with Crippen molar-refractivity contribution in [1.82, 2.24) is 10.2 Å². The van der Waals surface area contributed by atoms with Crippen molar-refractivity contribution in [2.75, 3.05) is 20.1 Å². The topological polar surface area (TPSA) is 15.3 Å². The Morgan fingerprint density at radius 1 is 1.37 bits per heavy atom. The van der Waals surface area contributed by atoms with Crippen LogP contribution in [0.1, 0.15) is 24.8 Å². The van der Waals surface area contributed by atoms with E-state index in [9.17, 15) is 4.39 Å². The first-order chi connectivity index (χ1) is 8.66. The Labute approximate surface area is 125 Å². The number of hydrogen-bond donors (Lipinski definition) is 1. The molecule has 0 spiro atoms. The van der Waals surface area contributed by atoms with Crippen LogP contribution in [0.3, 0.4) is 0 Å². The first kappa shape index (κ1) is 16.7. The summed E-state index contributed by atoms with van der Waals surface area (Å²) in [4.78, 5) is 2.32. The normalized spacial score (nSPS) is 19.9. The third-order valence-corrected chi connectivity index (χ3v) is 3.89. The van der Waals surface area contributed by atoms with Crippen LogP contribution in [0.25, 0.3) is 0 Å². The number of rotatable bonds is 3. The fourth-order valence-corrected chi connectivity index (χ4v) is 2.61. The first-order valence-electron chi connectivity index (χ1n) is 6.51. The highest BCUT2D eigenvalue weighted by molar-refractivity contribution is 6.30. The van der Waals surface area contributed by atoms with Crippen molar-refractivity contribution in [2.45, 2.75) is 31.8 Å². The summed E-state index contributed by atoms with van der Waals surface area (Å²) in [5, 5.41) is 3.60. The van der Waals surface area contributed by atoms with Gasteiger partial charge >= 0.3 is 0 Å². The van der Waals surface area contributed by atoms with Gasteiger partial charge in [0.1, 0.15) is 5.82 Å². The van der Waals surface area contributed by atoms with E-state index in [1.807, 2.05) is 6.07 Å². The summed E-state index contributed by atoms with van der Waals surface area (Å²) < 4.78 is 13.4. The minimum absolute atomic E-state index is 0. The lowest BCUT2D eigenvalue weighted by atomic mass is 10.1. The van der Waals surface area contributed by atoms with Gasteiger partial charge in [-0.25, -0.2) is 4.39 Å². The van der Waals surface area contributed by atoms with Crippen LogP contribution in [0.15, 0.2) is 18.2 Å². The quantitative estimate of drug-likeness (QED) is 0.920. The van der Waals surface area contributed by atoms with E-state index in [2.05, 4.69) is 17.3 Å². The van der Waals surface area contributed by atoms with Crippen molar-refractivity contribution in [2.24, 2.45) is 0 Å². The van der Waals surface area contributed by atoms with Gasteiger partial charge in [-0.3, -0.25) is 4.90 Å². The smallest absolute Gasteiger partial charge is 0.142 e. The molecule has 0 bridgehead atoms. The molecule has 1 N–H and O–H groups in total. The van der Waals surface area contributed by atoms with E-state index >= 15 is 0 Å². The van der Waals surface area contributed by atoms with Crippen LogP contribution in [0, 0.1) is 5.82 Å². The molecule has 2 rings (SSSR count). The van der Waals surface area contributed by atoms with Crippen LogP contribution in [-0.4, -0.2) is 31.1 Å². The van der Waals surface area contributed by atoms with Gasteiger partial charge in [0.05, 0.1) is 5.02 Å². The molecule has 2 nitrogen and oxygen atoms in total. The van der Waals surface area contributed by atoms with Gasteiger partial charge in [0.2, 0.25) is 0 Å². The van der Waals surface area contributed by atoms with Gasteiger partial charge < -0.3 is 5.32 Å². The molecule has 1 aliphatic rings. The van der Waals surface area contributed by atoms with E-state index < -0.39 is 0 Å². The number of halogens is 3. The number of nitrogens with one attached hydrogen (secondary N) is 1. The molecule has 1 heterocycles. The third-order valence-electron chi connectivity index (χ3n) is 3.58. The molecule has 5 heteroatoms. The van der Waals surface area contributed by atoms with Crippen LogP contribution in [0.5, 0.6) is 0 Å². The molecule has 1 aromatic rings. The third kappa shape index (κ3) is 4.92. The van der Waals surface area contributed by atoms with E-state index in [0.29, 0.717) is 6.04 Å². The molecule has 1 aromatic carbocycles. The van der Waals surface area contributed by atoms with Crippen LogP contribution in [0.2, 0.25) is 5.02 Å². The minimum Gasteiger partial charge on any atom is -0.317 e. The molecular weight excluding hydrogens is 286 g/mol. The Morgan fingerprint density at radius 3 is 2.89 bits per heavy atom. The van der Waals surface area contributed by atoms with Crippen molar-refractivity contribution < 1.29 is 4.39 Å². The predicted octanol–water partition coefficient (Wildman–Crippen LogP) is 3.47. The van der Waals surface area contributed by atoms with Crippen LogP contribution < -0.4 is 5.32 Å². The fourth-order valence-electron chi connectivity index (χ4n) is 2.50. The standard InChI is InChI=1S/C14H20ClFN2.ClH/c1-18(12-3-2-7-17-8-6-12)10-11-4-5-13(15)14(16)9-11;/h4-5,9,12,17H,2-3,6-8,10H2,1H3;1H. The Balaban J connectivity index is 0.00000180. The largest absolute Gasteiger partial charge is 0.317 e. The molecule has 1 aliphatic heterocycles. The molecule has 1 atom stereocenters. The molecule has 0 amide bonds. The summed E-state index contributed by atoms with van der Waals surface area (Å²) in [7, 11) is 2.11. The van der Waals surface area contributed by atoms with Gasteiger partial charge in [0, 0.05) is 12.6 Å². The summed E-state index contributed by atoms with van der Waals surface area (Å²) >= 11 is 5.69. The summed E-state index contributed by atoms with van der Waals surface area (Å²) in [5.41, 5.74) is 0.983. The van der Waals surface area contributed by atoms with E-state index in [1.165, 1.54) is 18.9 Å².